The number of carbonyl (C=O) groups is 1. The van der Waals surface area contributed by atoms with Gasteiger partial charge in [0, 0.05) is 18.3 Å². The summed E-state index contributed by atoms with van der Waals surface area (Å²) < 4.78 is 0. The molecule has 6 heteroatoms. The first-order valence-corrected chi connectivity index (χ1v) is 6.28. The molecule has 0 aromatic heterocycles. The van der Waals surface area contributed by atoms with Crippen LogP contribution in [-0.4, -0.2) is 23.7 Å². The molecule has 1 aromatic rings. The van der Waals surface area contributed by atoms with Gasteiger partial charge >= 0.3 is 0 Å². The molecule has 0 fully saturated rings. The normalized spacial score (nSPS) is 14.1. The van der Waals surface area contributed by atoms with E-state index in [1.165, 1.54) is 12.1 Å². The van der Waals surface area contributed by atoms with Crippen LogP contribution < -0.4 is 11.1 Å². The molecular formula is C12H16Cl2N2O2. The van der Waals surface area contributed by atoms with Gasteiger partial charge in [0.2, 0.25) is 0 Å². The molecule has 0 aliphatic rings. The molecule has 0 aliphatic carbocycles. The van der Waals surface area contributed by atoms with Gasteiger partial charge in [0.25, 0.3) is 5.91 Å². The molecule has 100 valence electrons. The number of amides is 1. The molecule has 0 radical (unpaired) electrons. The second kappa shape index (κ2) is 6.27. The molecular weight excluding hydrogens is 275 g/mol. The second-order valence-corrected chi connectivity index (χ2v) is 5.07. The van der Waals surface area contributed by atoms with Crippen LogP contribution in [-0.2, 0) is 0 Å². The first kappa shape index (κ1) is 15.1. The predicted molar refractivity (Wildman–Crippen MR) is 74.1 cm³/mol. The van der Waals surface area contributed by atoms with Gasteiger partial charge in [-0.05, 0) is 25.0 Å². The maximum absolute atomic E-state index is 12.0. The summed E-state index contributed by atoms with van der Waals surface area (Å²) in [5.74, 6) is -0.411. The van der Waals surface area contributed by atoms with E-state index in [1.54, 1.807) is 6.92 Å². The molecule has 2 atom stereocenters. The number of carbonyl (C=O) groups excluding carboxylic acids is 1. The van der Waals surface area contributed by atoms with Crippen molar-refractivity contribution < 1.29 is 9.90 Å². The Morgan fingerprint density at radius 2 is 2.06 bits per heavy atom. The standard InChI is InChI=1S/C12H16Cl2N2O2/c1-6(5-17)7(2)16-12(18)9-3-8(15)4-10(13)11(9)14/h3-4,6-7,17H,5,15H2,1-2H3,(H,16,18). The fourth-order valence-electron chi connectivity index (χ4n) is 1.36. The molecule has 18 heavy (non-hydrogen) atoms. The topological polar surface area (TPSA) is 75.3 Å². The lowest BCUT2D eigenvalue weighted by atomic mass is 10.0. The van der Waals surface area contributed by atoms with Gasteiger partial charge in [-0.15, -0.1) is 0 Å². The third-order valence-corrected chi connectivity index (χ3v) is 3.60. The van der Waals surface area contributed by atoms with Crippen molar-refractivity contribution in [2.75, 3.05) is 12.3 Å². The highest BCUT2D eigenvalue weighted by Gasteiger charge is 2.18. The Hall–Kier alpha value is -0.970. The number of hydrogen-bond acceptors (Lipinski definition) is 3. The van der Waals surface area contributed by atoms with Gasteiger partial charge in [-0.25, -0.2) is 0 Å². The number of hydrogen-bond donors (Lipinski definition) is 3. The molecule has 0 aliphatic heterocycles. The number of nitrogens with two attached hydrogens (primary N) is 1. The zero-order chi connectivity index (χ0) is 13.9. The van der Waals surface area contributed by atoms with Crippen LogP contribution in [0.15, 0.2) is 12.1 Å². The third-order valence-electron chi connectivity index (χ3n) is 2.80. The Balaban J connectivity index is 2.91. The van der Waals surface area contributed by atoms with E-state index in [9.17, 15) is 4.79 Å². The van der Waals surface area contributed by atoms with Gasteiger partial charge in [0.1, 0.15) is 0 Å². The highest BCUT2D eigenvalue weighted by atomic mass is 35.5. The molecule has 0 saturated carbocycles. The lowest BCUT2D eigenvalue weighted by Crippen LogP contribution is -2.38. The Kier molecular flexibility index (Phi) is 5.26. The van der Waals surface area contributed by atoms with Crippen molar-refractivity contribution in [3.05, 3.63) is 27.7 Å². The zero-order valence-corrected chi connectivity index (χ0v) is 11.7. The van der Waals surface area contributed by atoms with E-state index in [-0.39, 0.29) is 40.1 Å². The van der Waals surface area contributed by atoms with Gasteiger partial charge in [-0.2, -0.15) is 0 Å². The van der Waals surface area contributed by atoms with Crippen molar-refractivity contribution in [3.63, 3.8) is 0 Å². The van der Waals surface area contributed by atoms with E-state index in [1.807, 2.05) is 6.92 Å². The molecule has 4 N–H and O–H groups in total. The summed E-state index contributed by atoms with van der Waals surface area (Å²) in [6.07, 6.45) is 0. The number of nitrogens with one attached hydrogen (secondary N) is 1. The quantitative estimate of drug-likeness (QED) is 0.745. The summed E-state index contributed by atoms with van der Waals surface area (Å²) in [5, 5.41) is 12.2. The fraction of sp³-hybridized carbons (Fsp3) is 0.417. The van der Waals surface area contributed by atoms with Crippen LogP contribution in [0.3, 0.4) is 0 Å². The number of nitrogen functional groups attached to an aromatic ring is 1. The highest BCUT2D eigenvalue weighted by Crippen LogP contribution is 2.28. The molecule has 1 rings (SSSR count). The van der Waals surface area contributed by atoms with Gasteiger partial charge in [0.15, 0.2) is 0 Å². The second-order valence-electron chi connectivity index (χ2n) is 4.29. The van der Waals surface area contributed by atoms with Crippen molar-refractivity contribution in [2.45, 2.75) is 19.9 Å². The molecule has 2 unspecified atom stereocenters. The maximum atomic E-state index is 12.0. The first-order valence-electron chi connectivity index (χ1n) is 5.53. The number of aliphatic hydroxyl groups excluding tert-OH is 1. The maximum Gasteiger partial charge on any atom is 0.253 e. The van der Waals surface area contributed by atoms with Crippen molar-refractivity contribution >= 4 is 34.8 Å². The average Bonchev–Trinajstić information content (AvgIpc) is 2.32. The predicted octanol–water partition coefficient (Wildman–Crippen LogP) is 2.32. The summed E-state index contributed by atoms with van der Waals surface area (Å²) in [6, 6.07) is 2.78. The van der Waals surface area contributed by atoms with Crippen molar-refractivity contribution in [1.82, 2.24) is 5.32 Å². The van der Waals surface area contributed by atoms with E-state index in [2.05, 4.69) is 5.32 Å². The highest BCUT2D eigenvalue weighted by molar-refractivity contribution is 6.44. The number of halogens is 2. The number of benzene rings is 1. The number of aliphatic hydroxyl groups is 1. The summed E-state index contributed by atoms with van der Waals surface area (Å²) in [7, 11) is 0. The minimum atomic E-state index is -0.359. The van der Waals surface area contributed by atoms with Gasteiger partial charge in [0.05, 0.1) is 15.6 Å². The number of anilines is 1. The van der Waals surface area contributed by atoms with E-state index < -0.39 is 0 Å². The smallest absolute Gasteiger partial charge is 0.253 e. The van der Waals surface area contributed by atoms with Crippen LogP contribution >= 0.6 is 23.2 Å². The van der Waals surface area contributed by atoms with Gasteiger partial charge in [-0.1, -0.05) is 30.1 Å². The Morgan fingerprint density at radius 1 is 1.44 bits per heavy atom. The SMILES string of the molecule is CC(CO)C(C)NC(=O)c1cc(N)cc(Cl)c1Cl. The van der Waals surface area contributed by atoms with Crippen LogP contribution in [0.25, 0.3) is 0 Å². The Morgan fingerprint density at radius 3 is 2.61 bits per heavy atom. The van der Waals surface area contributed by atoms with E-state index in [4.69, 9.17) is 34.0 Å². The van der Waals surface area contributed by atoms with Gasteiger partial charge < -0.3 is 16.2 Å². The summed E-state index contributed by atoms with van der Waals surface area (Å²) in [5.41, 5.74) is 6.23. The average molecular weight is 291 g/mol. The lowest BCUT2D eigenvalue weighted by Gasteiger charge is -2.19. The molecule has 0 saturated heterocycles. The van der Waals surface area contributed by atoms with Crippen LogP contribution in [0.5, 0.6) is 0 Å². The minimum absolute atomic E-state index is 0.00708. The van der Waals surface area contributed by atoms with E-state index in [0.717, 1.165) is 0 Å². The van der Waals surface area contributed by atoms with E-state index >= 15 is 0 Å². The summed E-state index contributed by atoms with van der Waals surface area (Å²) in [4.78, 5) is 12.0. The molecule has 0 bridgehead atoms. The van der Waals surface area contributed by atoms with Crippen LogP contribution in [0.2, 0.25) is 10.0 Å². The fourth-order valence-corrected chi connectivity index (χ4v) is 1.78. The lowest BCUT2D eigenvalue weighted by molar-refractivity contribution is 0.0916. The largest absolute Gasteiger partial charge is 0.399 e. The van der Waals surface area contributed by atoms with Crippen molar-refractivity contribution in [2.24, 2.45) is 5.92 Å². The molecule has 1 amide bonds. The molecule has 1 aromatic carbocycles. The monoisotopic (exact) mass is 290 g/mol. The summed E-state index contributed by atoms with van der Waals surface area (Å²) in [6.45, 7) is 3.63. The van der Waals surface area contributed by atoms with E-state index in [0.29, 0.717) is 5.69 Å². The Bertz CT molecular complexity index is 452. The zero-order valence-electron chi connectivity index (χ0n) is 10.2. The summed E-state index contributed by atoms with van der Waals surface area (Å²) >= 11 is 11.8. The van der Waals surface area contributed by atoms with Crippen LogP contribution in [0.1, 0.15) is 24.2 Å². The van der Waals surface area contributed by atoms with Crippen LogP contribution in [0, 0.1) is 5.92 Å². The molecule has 4 nitrogen and oxygen atoms in total. The van der Waals surface area contributed by atoms with Crippen LogP contribution in [0.4, 0.5) is 5.69 Å². The van der Waals surface area contributed by atoms with Crippen molar-refractivity contribution in [3.8, 4) is 0 Å². The minimum Gasteiger partial charge on any atom is -0.399 e. The Labute approximate surface area is 116 Å². The van der Waals surface area contributed by atoms with Gasteiger partial charge in [-0.3, -0.25) is 4.79 Å². The van der Waals surface area contributed by atoms with Crippen molar-refractivity contribution in [1.29, 1.82) is 0 Å². The first-order chi connectivity index (χ1) is 8.36. The molecule has 0 spiro atoms. The molecule has 0 heterocycles. The number of rotatable bonds is 4. The third kappa shape index (κ3) is 3.51.